The van der Waals surface area contributed by atoms with Crippen LogP contribution in [0.1, 0.15) is 23.6 Å². The van der Waals surface area contributed by atoms with Crippen LogP contribution in [0.2, 0.25) is 5.02 Å². The highest BCUT2D eigenvalue weighted by Gasteiger charge is 2.14. The largest absolute Gasteiger partial charge is 0.490 e. The molecule has 0 bridgehead atoms. The van der Waals surface area contributed by atoms with Crippen molar-refractivity contribution < 1.29 is 14.3 Å². The number of benzene rings is 4. The van der Waals surface area contributed by atoms with E-state index in [1.54, 1.807) is 18.3 Å². The van der Waals surface area contributed by atoms with Crippen molar-refractivity contribution in [2.45, 2.75) is 24.8 Å². The number of carbonyl (C=O) groups is 1. The Morgan fingerprint density at radius 1 is 1.03 bits per heavy atom. The van der Waals surface area contributed by atoms with Gasteiger partial charge in [-0.1, -0.05) is 60.1 Å². The lowest BCUT2D eigenvalue weighted by Gasteiger charge is -2.17. The van der Waals surface area contributed by atoms with E-state index >= 15 is 0 Å². The smallest absolute Gasteiger partial charge is 0.250 e. The van der Waals surface area contributed by atoms with E-state index in [-0.39, 0.29) is 11.7 Å². The summed E-state index contributed by atoms with van der Waals surface area (Å²) in [4.78, 5) is 13.2. The molecule has 0 unspecified atom stereocenters. The van der Waals surface area contributed by atoms with Crippen LogP contribution in [0.25, 0.3) is 10.8 Å². The molecule has 1 amide bonds. The minimum Gasteiger partial charge on any atom is -0.490 e. The summed E-state index contributed by atoms with van der Waals surface area (Å²) >= 11 is 7.32. The van der Waals surface area contributed by atoms with E-state index in [1.807, 2.05) is 55.5 Å². The highest BCUT2D eigenvalue weighted by molar-refractivity contribution is 8.00. The second-order valence-electron chi connectivity index (χ2n) is 8.40. The molecule has 5 nitrogen and oxygen atoms in total. The summed E-state index contributed by atoms with van der Waals surface area (Å²) in [5.74, 6) is 1.34. The highest BCUT2D eigenvalue weighted by atomic mass is 35.5. The first-order valence-electron chi connectivity index (χ1n) is 12.3. The van der Waals surface area contributed by atoms with Gasteiger partial charge in [0.1, 0.15) is 6.61 Å². The molecule has 194 valence electrons. The van der Waals surface area contributed by atoms with Crippen molar-refractivity contribution in [1.29, 1.82) is 0 Å². The second kappa shape index (κ2) is 13.7. The number of rotatable bonds is 12. The first-order chi connectivity index (χ1) is 18.6. The van der Waals surface area contributed by atoms with Gasteiger partial charge in [-0.3, -0.25) is 4.79 Å². The number of allylic oxidation sites excluding steroid dienone is 1. The zero-order valence-corrected chi connectivity index (χ0v) is 22.7. The van der Waals surface area contributed by atoms with Gasteiger partial charge in [-0.25, -0.2) is 5.43 Å². The van der Waals surface area contributed by atoms with E-state index in [4.69, 9.17) is 21.1 Å². The Morgan fingerprint density at radius 3 is 2.61 bits per heavy atom. The minimum absolute atomic E-state index is 0.201. The second-order valence-corrected chi connectivity index (χ2v) is 9.88. The summed E-state index contributed by atoms with van der Waals surface area (Å²) in [7, 11) is 0. The molecule has 0 radical (unpaired) electrons. The van der Waals surface area contributed by atoms with Crippen molar-refractivity contribution in [3.63, 3.8) is 0 Å². The van der Waals surface area contributed by atoms with Gasteiger partial charge in [0.15, 0.2) is 11.5 Å². The number of halogens is 1. The number of hydrogen-bond acceptors (Lipinski definition) is 5. The molecule has 0 atom stereocenters. The average Bonchev–Trinajstić information content (AvgIpc) is 2.93. The van der Waals surface area contributed by atoms with Crippen LogP contribution in [-0.2, 0) is 17.8 Å². The molecule has 0 saturated heterocycles. The van der Waals surface area contributed by atoms with Crippen LogP contribution in [0.15, 0.2) is 102 Å². The van der Waals surface area contributed by atoms with Crippen molar-refractivity contribution in [3.8, 4) is 11.5 Å². The molecule has 7 heteroatoms. The maximum atomic E-state index is 12.2. The van der Waals surface area contributed by atoms with Crippen LogP contribution >= 0.6 is 23.4 Å². The molecule has 4 rings (SSSR count). The third-order valence-corrected chi connectivity index (χ3v) is 6.92. The number of nitrogens with one attached hydrogen (secondary N) is 1. The Labute approximate surface area is 232 Å². The fourth-order valence-electron chi connectivity index (χ4n) is 3.95. The predicted octanol–water partition coefficient (Wildman–Crippen LogP) is 7.44. The predicted molar refractivity (Wildman–Crippen MR) is 158 cm³/mol. The Bertz CT molecular complexity index is 1430. The fraction of sp³-hybridized carbons (Fsp3) is 0.161. The van der Waals surface area contributed by atoms with Gasteiger partial charge in [-0.2, -0.15) is 5.10 Å². The molecular weight excluding hydrogens is 516 g/mol. The topological polar surface area (TPSA) is 59.9 Å². The van der Waals surface area contributed by atoms with Crippen LogP contribution in [0.5, 0.6) is 11.5 Å². The standard InChI is InChI=1S/C31H29ClN2O3S/c1-3-8-24-17-22(19-33-34-30(35)21-38-27-15-13-26(32)14-16-27)18-29(36-4-2)31(24)37-20-25-11-7-10-23-9-5-6-12-28(23)25/h3,5-7,9-19H,1,4,8,20-21H2,2H3,(H,34,35)/b33-19-. The number of thioether (sulfide) groups is 1. The van der Waals surface area contributed by atoms with Crippen LogP contribution in [0.3, 0.4) is 0 Å². The molecule has 38 heavy (non-hydrogen) atoms. The van der Waals surface area contributed by atoms with Crippen LogP contribution in [0.4, 0.5) is 0 Å². The van der Waals surface area contributed by atoms with Crippen LogP contribution in [0, 0.1) is 0 Å². The monoisotopic (exact) mass is 544 g/mol. The zero-order chi connectivity index (χ0) is 26.7. The Balaban J connectivity index is 1.47. The molecule has 0 fully saturated rings. The molecule has 0 spiro atoms. The van der Waals surface area contributed by atoms with Crippen molar-refractivity contribution in [3.05, 3.63) is 113 Å². The molecule has 1 N–H and O–H groups in total. The lowest BCUT2D eigenvalue weighted by atomic mass is 10.0. The number of hydrazone groups is 1. The van der Waals surface area contributed by atoms with Gasteiger partial charge in [0.2, 0.25) is 5.91 Å². The third-order valence-electron chi connectivity index (χ3n) is 5.66. The maximum Gasteiger partial charge on any atom is 0.250 e. The Morgan fingerprint density at radius 2 is 1.82 bits per heavy atom. The minimum atomic E-state index is -0.201. The Kier molecular flexibility index (Phi) is 9.84. The summed E-state index contributed by atoms with van der Waals surface area (Å²) in [6.45, 7) is 6.72. The zero-order valence-electron chi connectivity index (χ0n) is 21.2. The van der Waals surface area contributed by atoms with E-state index in [1.165, 1.54) is 17.1 Å². The summed E-state index contributed by atoms with van der Waals surface area (Å²) in [5, 5.41) is 7.14. The lowest BCUT2D eigenvalue weighted by molar-refractivity contribution is -0.118. The fourth-order valence-corrected chi connectivity index (χ4v) is 4.77. The van der Waals surface area contributed by atoms with Gasteiger partial charge >= 0.3 is 0 Å². The van der Waals surface area contributed by atoms with Crippen LogP contribution in [-0.4, -0.2) is 24.5 Å². The number of fused-ring (bicyclic) bond motifs is 1. The van der Waals surface area contributed by atoms with Gasteiger partial charge in [0.25, 0.3) is 0 Å². The summed E-state index contributed by atoms with van der Waals surface area (Å²) in [6, 6.07) is 25.7. The number of nitrogens with zero attached hydrogens (tertiary/aromatic N) is 1. The number of ether oxygens (including phenoxy) is 2. The molecule has 4 aromatic rings. The normalized spacial score (nSPS) is 11.0. The van der Waals surface area contributed by atoms with Crippen molar-refractivity contribution in [2.24, 2.45) is 5.10 Å². The van der Waals surface area contributed by atoms with Gasteiger partial charge in [-0.05, 0) is 71.6 Å². The van der Waals surface area contributed by atoms with Gasteiger partial charge in [0, 0.05) is 15.5 Å². The Hall–Kier alpha value is -3.74. The quantitative estimate of drug-likeness (QED) is 0.0871. The molecule has 0 heterocycles. The molecule has 0 aliphatic rings. The van der Waals surface area contributed by atoms with E-state index in [2.05, 4.69) is 41.4 Å². The molecule has 4 aromatic carbocycles. The summed E-state index contributed by atoms with van der Waals surface area (Å²) in [6.07, 6.45) is 4.03. The molecule has 0 aliphatic carbocycles. The number of hydrogen-bond donors (Lipinski definition) is 1. The first kappa shape index (κ1) is 27.3. The van der Waals surface area contributed by atoms with Crippen molar-refractivity contribution >= 4 is 46.3 Å². The SMILES string of the molecule is C=CCc1cc(/C=N\NC(=O)CSc2ccc(Cl)cc2)cc(OCC)c1OCc1cccc2ccccc12. The van der Waals surface area contributed by atoms with Gasteiger partial charge in [0.05, 0.1) is 18.6 Å². The van der Waals surface area contributed by atoms with Gasteiger partial charge < -0.3 is 9.47 Å². The van der Waals surface area contributed by atoms with Crippen molar-refractivity contribution in [1.82, 2.24) is 5.43 Å². The summed E-state index contributed by atoms with van der Waals surface area (Å²) < 4.78 is 12.3. The molecule has 0 saturated carbocycles. The molecular formula is C31H29ClN2O3S. The number of carbonyl (C=O) groups excluding carboxylic acids is 1. The van der Waals surface area contributed by atoms with E-state index in [0.29, 0.717) is 36.2 Å². The van der Waals surface area contributed by atoms with Gasteiger partial charge in [-0.15, -0.1) is 18.3 Å². The first-order valence-corrected chi connectivity index (χ1v) is 13.6. The van der Waals surface area contributed by atoms with E-state index in [0.717, 1.165) is 27.0 Å². The molecule has 0 aliphatic heterocycles. The summed E-state index contributed by atoms with van der Waals surface area (Å²) in [5.41, 5.74) is 5.40. The van der Waals surface area contributed by atoms with E-state index in [9.17, 15) is 4.79 Å². The molecule has 0 aromatic heterocycles. The number of amides is 1. The average molecular weight is 545 g/mol. The third kappa shape index (κ3) is 7.40. The highest BCUT2D eigenvalue weighted by Crippen LogP contribution is 2.35. The van der Waals surface area contributed by atoms with Crippen molar-refractivity contribution in [2.75, 3.05) is 12.4 Å². The lowest BCUT2D eigenvalue weighted by Crippen LogP contribution is -2.19. The van der Waals surface area contributed by atoms with Crippen LogP contribution < -0.4 is 14.9 Å². The maximum absolute atomic E-state index is 12.2. The van der Waals surface area contributed by atoms with E-state index < -0.39 is 0 Å².